The third-order valence-electron chi connectivity index (χ3n) is 4.70. The number of hydrogen-bond donors (Lipinski definition) is 2. The predicted molar refractivity (Wildman–Crippen MR) is 120 cm³/mol. The molecule has 198 valence electrons. The zero-order valence-electron chi connectivity index (χ0n) is 20.2. The van der Waals surface area contributed by atoms with Crippen molar-refractivity contribution in [3.05, 3.63) is 0 Å². The first-order chi connectivity index (χ1) is 16.6. The van der Waals surface area contributed by atoms with Gasteiger partial charge in [-0.05, 0) is 0 Å². The van der Waals surface area contributed by atoms with Gasteiger partial charge in [-0.2, -0.15) is 0 Å². The third-order valence-corrected chi connectivity index (χ3v) is 4.70. The van der Waals surface area contributed by atoms with E-state index in [4.69, 9.17) is 33.5 Å². The summed E-state index contributed by atoms with van der Waals surface area (Å²) in [5, 5.41) is 11.2. The van der Waals surface area contributed by atoms with E-state index in [-0.39, 0.29) is 49.6 Å². The fourth-order valence-electron chi connectivity index (χ4n) is 2.91. The maximum atomic E-state index is 11.8. The van der Waals surface area contributed by atoms with Crippen LogP contribution in [0.1, 0.15) is 19.8 Å². The SMILES string of the molecule is CC1CC(=O)N(CCC(=O)NCCOCCOCCOCCOCCOCCOCCO)C1=O. The summed E-state index contributed by atoms with van der Waals surface area (Å²) in [7, 11) is 0. The number of likely N-dealkylation sites (tertiary alicyclic amines) is 1. The fourth-order valence-corrected chi connectivity index (χ4v) is 2.91. The highest BCUT2D eigenvalue weighted by Crippen LogP contribution is 2.18. The van der Waals surface area contributed by atoms with Gasteiger partial charge in [0.1, 0.15) is 0 Å². The molecule has 1 aliphatic heterocycles. The Morgan fingerprint density at radius 1 is 0.824 bits per heavy atom. The minimum absolute atomic E-state index is 0.0138. The maximum Gasteiger partial charge on any atom is 0.232 e. The van der Waals surface area contributed by atoms with Gasteiger partial charge in [0.15, 0.2) is 0 Å². The molecule has 12 heteroatoms. The molecule has 3 amide bonds. The smallest absolute Gasteiger partial charge is 0.232 e. The molecule has 0 aromatic carbocycles. The second kappa shape index (κ2) is 20.7. The Bertz CT molecular complexity index is 564. The van der Waals surface area contributed by atoms with Crippen molar-refractivity contribution in [2.45, 2.75) is 19.8 Å². The van der Waals surface area contributed by atoms with Gasteiger partial charge in [-0.3, -0.25) is 19.3 Å². The molecule has 1 saturated heterocycles. The summed E-state index contributed by atoms with van der Waals surface area (Å²) in [5.41, 5.74) is 0. The van der Waals surface area contributed by atoms with Crippen molar-refractivity contribution >= 4 is 17.7 Å². The van der Waals surface area contributed by atoms with Crippen molar-refractivity contribution in [2.75, 3.05) is 99.0 Å². The zero-order chi connectivity index (χ0) is 24.9. The highest BCUT2D eigenvalue weighted by atomic mass is 16.6. The topological polar surface area (TPSA) is 142 Å². The Morgan fingerprint density at radius 2 is 1.26 bits per heavy atom. The van der Waals surface area contributed by atoms with E-state index < -0.39 is 0 Å². The van der Waals surface area contributed by atoms with E-state index in [0.29, 0.717) is 85.8 Å². The lowest BCUT2D eigenvalue weighted by Gasteiger charge is -2.14. The van der Waals surface area contributed by atoms with Crippen LogP contribution in [-0.2, 0) is 42.8 Å². The van der Waals surface area contributed by atoms with Gasteiger partial charge >= 0.3 is 0 Å². The summed E-state index contributed by atoms with van der Waals surface area (Å²) in [6.45, 7) is 7.43. The number of hydrogen-bond acceptors (Lipinski definition) is 10. The molecule has 34 heavy (non-hydrogen) atoms. The monoisotopic (exact) mass is 492 g/mol. The highest BCUT2D eigenvalue weighted by molar-refractivity contribution is 6.03. The number of carbonyl (C=O) groups is 3. The van der Waals surface area contributed by atoms with E-state index in [9.17, 15) is 14.4 Å². The van der Waals surface area contributed by atoms with Gasteiger partial charge in [-0.25, -0.2) is 0 Å². The van der Waals surface area contributed by atoms with E-state index in [2.05, 4.69) is 5.32 Å². The van der Waals surface area contributed by atoms with Crippen LogP contribution < -0.4 is 5.32 Å². The number of ether oxygens (including phenoxy) is 6. The number of rotatable bonds is 23. The molecule has 1 heterocycles. The number of imide groups is 1. The molecule has 0 radical (unpaired) electrons. The number of aliphatic hydroxyl groups is 1. The molecular formula is C22H40N2O10. The van der Waals surface area contributed by atoms with Gasteiger partial charge in [0.2, 0.25) is 17.7 Å². The Labute approximate surface area is 201 Å². The van der Waals surface area contributed by atoms with Gasteiger partial charge in [0.25, 0.3) is 0 Å². The van der Waals surface area contributed by atoms with Crippen LogP contribution >= 0.6 is 0 Å². The summed E-state index contributed by atoms with van der Waals surface area (Å²) >= 11 is 0. The zero-order valence-corrected chi connectivity index (χ0v) is 20.2. The summed E-state index contributed by atoms with van der Waals surface area (Å²) in [6.07, 6.45) is 0.311. The Kier molecular flexibility index (Phi) is 18.5. The Morgan fingerprint density at radius 3 is 1.68 bits per heavy atom. The van der Waals surface area contributed by atoms with E-state index in [1.54, 1.807) is 6.92 Å². The van der Waals surface area contributed by atoms with Crippen LogP contribution in [0.3, 0.4) is 0 Å². The normalized spacial score (nSPS) is 15.9. The van der Waals surface area contributed by atoms with Crippen molar-refractivity contribution in [2.24, 2.45) is 5.92 Å². The number of carbonyl (C=O) groups excluding carboxylic acids is 3. The van der Waals surface area contributed by atoms with Crippen molar-refractivity contribution < 1.29 is 47.9 Å². The summed E-state index contributed by atoms with van der Waals surface area (Å²) in [4.78, 5) is 36.4. The molecule has 1 aliphatic rings. The molecule has 0 bridgehead atoms. The lowest BCUT2D eigenvalue weighted by atomic mass is 10.1. The number of amides is 3. The molecule has 0 saturated carbocycles. The van der Waals surface area contributed by atoms with Crippen LogP contribution in [0, 0.1) is 5.92 Å². The largest absolute Gasteiger partial charge is 0.394 e. The van der Waals surface area contributed by atoms with E-state index >= 15 is 0 Å². The van der Waals surface area contributed by atoms with Gasteiger partial charge in [0, 0.05) is 31.8 Å². The van der Waals surface area contributed by atoms with Gasteiger partial charge in [-0.1, -0.05) is 6.92 Å². The van der Waals surface area contributed by atoms with E-state index in [1.165, 1.54) is 0 Å². The van der Waals surface area contributed by atoms with Gasteiger partial charge in [-0.15, -0.1) is 0 Å². The Hall–Kier alpha value is -1.67. The van der Waals surface area contributed by atoms with Crippen molar-refractivity contribution in [3.8, 4) is 0 Å². The summed E-state index contributed by atoms with van der Waals surface area (Å²) < 4.78 is 31.9. The van der Waals surface area contributed by atoms with Crippen LogP contribution in [0.5, 0.6) is 0 Å². The number of aliphatic hydroxyl groups excluding tert-OH is 1. The molecule has 1 atom stereocenters. The lowest BCUT2D eigenvalue weighted by Crippen LogP contribution is -2.35. The van der Waals surface area contributed by atoms with Crippen LogP contribution in [0.2, 0.25) is 0 Å². The van der Waals surface area contributed by atoms with Crippen molar-refractivity contribution in [3.63, 3.8) is 0 Å². The van der Waals surface area contributed by atoms with Crippen molar-refractivity contribution in [1.82, 2.24) is 10.2 Å². The Balaban J connectivity index is 1.76. The van der Waals surface area contributed by atoms with Crippen LogP contribution in [0.4, 0.5) is 0 Å². The first-order valence-electron chi connectivity index (χ1n) is 11.7. The first kappa shape index (κ1) is 30.4. The quantitative estimate of drug-likeness (QED) is 0.134. The average Bonchev–Trinajstić information content (AvgIpc) is 3.06. The van der Waals surface area contributed by atoms with E-state index in [1.807, 2.05) is 0 Å². The summed E-state index contributed by atoms with van der Waals surface area (Å²) in [6, 6.07) is 0. The van der Waals surface area contributed by atoms with Gasteiger partial charge < -0.3 is 38.8 Å². The second-order valence-corrected chi connectivity index (χ2v) is 7.49. The molecule has 0 aliphatic carbocycles. The first-order valence-corrected chi connectivity index (χ1v) is 11.7. The lowest BCUT2D eigenvalue weighted by molar-refractivity contribution is -0.139. The number of nitrogens with one attached hydrogen (secondary N) is 1. The fraction of sp³-hybridized carbons (Fsp3) is 0.864. The standard InChI is InChI=1S/C22H40N2O10/c1-19-18-21(27)24(22(19)28)4-2-20(26)23-3-6-29-8-10-31-12-14-33-16-17-34-15-13-32-11-9-30-7-5-25/h19,25H,2-18H2,1H3,(H,23,26). The van der Waals surface area contributed by atoms with Crippen molar-refractivity contribution in [1.29, 1.82) is 0 Å². The third kappa shape index (κ3) is 15.3. The molecule has 0 spiro atoms. The van der Waals surface area contributed by atoms with Crippen LogP contribution in [0.15, 0.2) is 0 Å². The molecule has 1 unspecified atom stereocenters. The van der Waals surface area contributed by atoms with Crippen LogP contribution in [0.25, 0.3) is 0 Å². The van der Waals surface area contributed by atoms with Crippen LogP contribution in [-0.4, -0.2) is 127 Å². The molecular weight excluding hydrogens is 452 g/mol. The molecule has 12 nitrogen and oxygen atoms in total. The van der Waals surface area contributed by atoms with Gasteiger partial charge in [0.05, 0.1) is 85.9 Å². The molecule has 1 rings (SSSR count). The molecule has 0 aromatic heterocycles. The summed E-state index contributed by atoms with van der Waals surface area (Å²) in [5.74, 6) is -0.943. The molecule has 0 aromatic rings. The molecule has 2 N–H and O–H groups in total. The highest BCUT2D eigenvalue weighted by Gasteiger charge is 2.35. The number of nitrogens with zero attached hydrogens (tertiary/aromatic N) is 1. The average molecular weight is 493 g/mol. The predicted octanol–water partition coefficient (Wildman–Crippen LogP) is -1.02. The second-order valence-electron chi connectivity index (χ2n) is 7.49. The molecule has 1 fully saturated rings. The minimum Gasteiger partial charge on any atom is -0.394 e. The minimum atomic E-state index is -0.294. The van der Waals surface area contributed by atoms with E-state index in [0.717, 1.165) is 4.90 Å². The maximum absolute atomic E-state index is 11.8.